The van der Waals surface area contributed by atoms with Gasteiger partial charge in [-0.15, -0.1) is 0 Å². The zero-order valence-corrected chi connectivity index (χ0v) is 24.9. The predicted molar refractivity (Wildman–Crippen MR) is 155 cm³/mol. The Kier molecular flexibility index (Phi) is 8.48. The first-order chi connectivity index (χ1) is 18.7. The minimum absolute atomic E-state index is 0.00216. The highest BCUT2D eigenvalue weighted by atomic mass is 16.6. The lowest BCUT2D eigenvalue weighted by Crippen LogP contribution is -2.47. The van der Waals surface area contributed by atoms with Crippen LogP contribution in [0.15, 0.2) is 24.3 Å². The van der Waals surface area contributed by atoms with Gasteiger partial charge in [0, 0.05) is 31.1 Å². The van der Waals surface area contributed by atoms with Crippen LogP contribution >= 0.6 is 0 Å². The van der Waals surface area contributed by atoms with Gasteiger partial charge in [-0.1, -0.05) is 18.2 Å². The van der Waals surface area contributed by atoms with Crippen LogP contribution in [0.5, 0.6) is 0 Å². The Bertz CT molecular complexity index is 1300. The molecule has 0 N–H and O–H groups in total. The number of allylic oxidation sites excluding steroid dienone is 1. The van der Waals surface area contributed by atoms with Crippen molar-refractivity contribution in [3.8, 4) is 6.07 Å². The maximum absolute atomic E-state index is 12.6. The van der Waals surface area contributed by atoms with E-state index >= 15 is 0 Å². The van der Waals surface area contributed by atoms with E-state index in [-0.39, 0.29) is 24.3 Å². The Labute approximate surface area is 237 Å². The number of carbonyl (C=O) groups is 2. The molecule has 2 aliphatic heterocycles. The molecular weight excluding hydrogens is 506 g/mol. The predicted octanol–water partition coefficient (Wildman–Crippen LogP) is 6.53. The van der Waals surface area contributed by atoms with Gasteiger partial charge >= 0.3 is 12.2 Å². The fraction of sp³-hybridized carbons (Fsp3) is 0.613. The molecule has 2 fully saturated rings. The van der Waals surface area contributed by atoms with Gasteiger partial charge in [0.2, 0.25) is 0 Å². The molecule has 2 saturated heterocycles. The lowest BCUT2D eigenvalue weighted by Gasteiger charge is -2.38. The summed E-state index contributed by atoms with van der Waals surface area (Å²) in [5.41, 5.74) is 1.35. The Balaban J connectivity index is 1.42. The highest BCUT2D eigenvalue weighted by Gasteiger charge is 2.33. The number of hydrogen-bond donors (Lipinski definition) is 0. The van der Waals surface area contributed by atoms with Gasteiger partial charge in [-0.25, -0.2) is 9.59 Å². The molecule has 2 amide bonds. The molecule has 1 aromatic carbocycles. The Morgan fingerprint density at radius 2 is 1.65 bits per heavy atom. The lowest BCUT2D eigenvalue weighted by atomic mass is 9.95. The standard InChI is InChI=1S/C31H43N5O4/c1-21-18-24(14-17-35(21)29(38)40-31(5,6)7)36-27-11-10-23(19-25(27)26(20-32)33-36)9-8-22-12-15-34(16-13-22)28(37)39-30(2,3)4/h8-11,19,21-22,24H,12-18H2,1-7H3/b9-8+. The average Bonchev–Trinajstić information content (AvgIpc) is 3.23. The molecule has 0 bridgehead atoms. The number of hydrogen-bond acceptors (Lipinski definition) is 6. The van der Waals surface area contributed by atoms with Gasteiger partial charge in [-0.3, -0.25) is 4.68 Å². The maximum Gasteiger partial charge on any atom is 0.410 e. The molecule has 0 radical (unpaired) electrons. The summed E-state index contributed by atoms with van der Waals surface area (Å²) in [5, 5.41) is 15.4. The molecule has 1 aromatic heterocycles. The van der Waals surface area contributed by atoms with E-state index in [1.54, 1.807) is 9.80 Å². The molecule has 3 heterocycles. The Hall–Kier alpha value is -3.54. The largest absolute Gasteiger partial charge is 0.444 e. The molecular formula is C31H43N5O4. The minimum Gasteiger partial charge on any atom is -0.444 e. The molecule has 216 valence electrons. The van der Waals surface area contributed by atoms with Crippen LogP contribution in [0.3, 0.4) is 0 Å². The third-order valence-corrected chi connectivity index (χ3v) is 7.41. The summed E-state index contributed by atoms with van der Waals surface area (Å²) in [4.78, 5) is 28.6. The van der Waals surface area contributed by atoms with E-state index < -0.39 is 11.2 Å². The van der Waals surface area contributed by atoms with E-state index in [2.05, 4.69) is 29.4 Å². The number of amides is 2. The number of rotatable bonds is 3. The van der Waals surface area contributed by atoms with Crippen molar-refractivity contribution in [1.29, 1.82) is 5.26 Å². The molecule has 2 unspecified atom stereocenters. The number of benzene rings is 1. The molecule has 0 spiro atoms. The van der Waals surface area contributed by atoms with Gasteiger partial charge in [0.1, 0.15) is 17.3 Å². The van der Waals surface area contributed by atoms with Crippen molar-refractivity contribution < 1.29 is 19.1 Å². The number of nitrogens with zero attached hydrogens (tertiary/aromatic N) is 5. The van der Waals surface area contributed by atoms with Gasteiger partial charge in [0.15, 0.2) is 5.69 Å². The molecule has 2 atom stereocenters. The van der Waals surface area contributed by atoms with E-state index in [0.29, 0.717) is 31.2 Å². The van der Waals surface area contributed by atoms with Crippen molar-refractivity contribution in [1.82, 2.24) is 19.6 Å². The van der Waals surface area contributed by atoms with Gasteiger partial charge < -0.3 is 19.3 Å². The number of ether oxygens (including phenoxy) is 2. The number of fused-ring (bicyclic) bond motifs is 1. The van der Waals surface area contributed by atoms with Crippen molar-refractivity contribution in [3.05, 3.63) is 35.5 Å². The molecule has 2 aromatic rings. The molecule has 9 heteroatoms. The molecule has 40 heavy (non-hydrogen) atoms. The normalized spacial score (nSPS) is 21.1. The van der Waals surface area contributed by atoms with E-state index in [1.807, 2.05) is 65.3 Å². The zero-order valence-electron chi connectivity index (χ0n) is 24.9. The van der Waals surface area contributed by atoms with E-state index in [0.717, 1.165) is 42.1 Å². The molecule has 0 aliphatic carbocycles. The van der Waals surface area contributed by atoms with Crippen molar-refractivity contribution >= 4 is 29.2 Å². The van der Waals surface area contributed by atoms with E-state index in [9.17, 15) is 14.9 Å². The quantitative estimate of drug-likeness (QED) is 0.432. The third-order valence-electron chi connectivity index (χ3n) is 7.41. The molecule has 2 aliphatic rings. The minimum atomic E-state index is -0.531. The second-order valence-electron chi connectivity index (χ2n) is 13.0. The second kappa shape index (κ2) is 11.5. The van der Waals surface area contributed by atoms with Crippen LogP contribution in [0.4, 0.5) is 9.59 Å². The van der Waals surface area contributed by atoms with Crippen molar-refractivity contribution in [2.75, 3.05) is 19.6 Å². The SMILES string of the molecule is CC1CC(n2nc(C#N)c3cc(/C=C/C4CCN(C(=O)OC(C)(C)C)CC4)ccc32)CCN1C(=O)OC(C)(C)C. The highest BCUT2D eigenvalue weighted by Crippen LogP contribution is 2.32. The van der Waals surface area contributed by atoms with Crippen LogP contribution in [-0.4, -0.2) is 68.6 Å². The smallest absolute Gasteiger partial charge is 0.410 e. The first kappa shape index (κ1) is 29.4. The fourth-order valence-electron chi connectivity index (χ4n) is 5.43. The van der Waals surface area contributed by atoms with Crippen LogP contribution in [0.25, 0.3) is 17.0 Å². The Morgan fingerprint density at radius 3 is 2.25 bits per heavy atom. The number of carbonyl (C=O) groups excluding carboxylic acids is 2. The topological polar surface area (TPSA) is 101 Å². The monoisotopic (exact) mass is 549 g/mol. The number of likely N-dealkylation sites (tertiary alicyclic amines) is 2. The van der Waals surface area contributed by atoms with Crippen LogP contribution in [0.1, 0.15) is 91.4 Å². The first-order valence-electron chi connectivity index (χ1n) is 14.3. The van der Waals surface area contributed by atoms with Gasteiger partial charge in [-0.05, 0) is 97.8 Å². The molecule has 0 saturated carbocycles. The highest BCUT2D eigenvalue weighted by molar-refractivity contribution is 5.86. The Morgan fingerprint density at radius 1 is 1.00 bits per heavy atom. The second-order valence-corrected chi connectivity index (χ2v) is 13.0. The zero-order chi connectivity index (χ0) is 29.2. The molecule has 4 rings (SSSR count). The van der Waals surface area contributed by atoms with Crippen molar-refractivity contribution in [2.45, 2.75) is 97.4 Å². The third kappa shape index (κ3) is 7.15. The van der Waals surface area contributed by atoms with Crippen molar-refractivity contribution in [2.24, 2.45) is 5.92 Å². The number of nitriles is 1. The summed E-state index contributed by atoms with van der Waals surface area (Å²) in [6.45, 7) is 15.3. The van der Waals surface area contributed by atoms with E-state index in [1.165, 1.54) is 0 Å². The maximum atomic E-state index is 12.6. The van der Waals surface area contributed by atoms with Gasteiger partial charge in [-0.2, -0.15) is 10.4 Å². The summed E-state index contributed by atoms with van der Waals surface area (Å²) in [6.07, 6.45) is 7.05. The lowest BCUT2D eigenvalue weighted by molar-refractivity contribution is 0.00741. The number of piperidine rings is 2. The summed E-state index contributed by atoms with van der Waals surface area (Å²) in [5.74, 6) is 0.379. The fourth-order valence-corrected chi connectivity index (χ4v) is 5.43. The number of aromatic nitrogens is 2. The summed E-state index contributed by atoms with van der Waals surface area (Å²) < 4.78 is 13.1. The molecule has 9 nitrogen and oxygen atoms in total. The summed E-state index contributed by atoms with van der Waals surface area (Å²) in [6, 6.07) is 8.50. The van der Waals surface area contributed by atoms with Crippen LogP contribution in [-0.2, 0) is 9.47 Å². The van der Waals surface area contributed by atoms with Gasteiger partial charge in [0.05, 0.1) is 11.6 Å². The van der Waals surface area contributed by atoms with Crippen molar-refractivity contribution in [3.63, 3.8) is 0 Å². The van der Waals surface area contributed by atoms with Gasteiger partial charge in [0.25, 0.3) is 0 Å². The summed E-state index contributed by atoms with van der Waals surface area (Å²) in [7, 11) is 0. The van der Waals surface area contributed by atoms with Crippen LogP contribution in [0, 0.1) is 17.2 Å². The van der Waals surface area contributed by atoms with Crippen LogP contribution < -0.4 is 0 Å². The first-order valence-corrected chi connectivity index (χ1v) is 14.3. The van der Waals surface area contributed by atoms with Crippen LogP contribution in [0.2, 0.25) is 0 Å². The average molecular weight is 550 g/mol. The van der Waals surface area contributed by atoms with E-state index in [4.69, 9.17) is 9.47 Å². The summed E-state index contributed by atoms with van der Waals surface area (Å²) >= 11 is 0.